The molecule has 0 aromatic heterocycles. The maximum atomic E-state index is 12.1. The van der Waals surface area contributed by atoms with Crippen molar-refractivity contribution in [2.75, 3.05) is 0 Å². The van der Waals surface area contributed by atoms with Crippen molar-refractivity contribution < 1.29 is 24.6 Å². The Morgan fingerprint density at radius 2 is 1.64 bits per heavy atom. The second-order valence-electron chi connectivity index (χ2n) is 4.72. The summed E-state index contributed by atoms with van der Waals surface area (Å²) in [4.78, 5) is 34.1. The van der Waals surface area contributed by atoms with Crippen molar-refractivity contribution in [3.05, 3.63) is 76.3 Å². The summed E-state index contributed by atoms with van der Waals surface area (Å²) in [5.41, 5.74) is -1.20. The third-order valence-electron chi connectivity index (χ3n) is 3.02. The van der Waals surface area contributed by atoms with Crippen molar-refractivity contribution in [2.45, 2.75) is 0 Å². The van der Waals surface area contributed by atoms with Gasteiger partial charge in [-0.05, 0) is 18.2 Å². The van der Waals surface area contributed by atoms with Crippen LogP contribution in [0, 0.1) is 0 Å². The van der Waals surface area contributed by atoms with Gasteiger partial charge in [-0.15, -0.1) is 10.2 Å². The van der Waals surface area contributed by atoms with Crippen molar-refractivity contribution in [1.82, 2.24) is 0 Å². The van der Waals surface area contributed by atoms with E-state index in [9.17, 15) is 19.5 Å². The Kier molecular flexibility index (Phi) is 5.29. The van der Waals surface area contributed by atoms with E-state index in [0.717, 1.165) is 18.2 Å². The number of azo groups is 1. The van der Waals surface area contributed by atoms with Gasteiger partial charge in [0.05, 0.1) is 17.2 Å². The molecule has 0 aliphatic heterocycles. The first-order valence-corrected chi connectivity index (χ1v) is 6.80. The molecule has 0 bridgehead atoms. The molecule has 0 amide bonds. The molecule has 8 heteroatoms. The van der Waals surface area contributed by atoms with Crippen molar-refractivity contribution in [3.8, 4) is 0 Å². The lowest BCUT2D eigenvalue weighted by molar-refractivity contribution is -0.255. The third-order valence-corrected chi connectivity index (χ3v) is 3.02. The minimum atomic E-state index is -1.59. The second-order valence-corrected chi connectivity index (χ2v) is 4.72. The summed E-state index contributed by atoms with van der Waals surface area (Å²) in [7, 11) is 0. The van der Waals surface area contributed by atoms with Gasteiger partial charge in [-0.25, -0.2) is 10.7 Å². The topological polar surface area (TPSA) is 142 Å². The number of ketones is 1. The molecule has 124 valence electrons. The van der Waals surface area contributed by atoms with Crippen LogP contribution >= 0.6 is 0 Å². The first-order valence-electron chi connectivity index (χ1n) is 6.80. The van der Waals surface area contributed by atoms with Crippen molar-refractivity contribution in [2.24, 2.45) is 10.2 Å². The normalized spacial score (nSPS) is 10.2. The van der Waals surface area contributed by atoms with Crippen LogP contribution in [0.1, 0.15) is 31.1 Å². The van der Waals surface area contributed by atoms with Crippen LogP contribution < -0.4 is 5.11 Å². The summed E-state index contributed by atoms with van der Waals surface area (Å²) in [6, 6.07) is 10.9. The molecule has 0 unspecified atom stereocenters. The second kappa shape index (κ2) is 7.58. The van der Waals surface area contributed by atoms with Crippen LogP contribution in [0.5, 0.6) is 0 Å². The predicted octanol–water partition coefficient (Wildman–Crippen LogP) is 1.84. The molecule has 0 fully saturated rings. The van der Waals surface area contributed by atoms with Crippen LogP contribution in [0.15, 0.2) is 64.5 Å². The van der Waals surface area contributed by atoms with Gasteiger partial charge in [0.2, 0.25) is 5.78 Å². The van der Waals surface area contributed by atoms with Crippen molar-refractivity contribution >= 4 is 29.3 Å². The largest absolute Gasteiger partial charge is 0.761 e. The average Bonchev–Trinajstić information content (AvgIpc) is 2.62. The molecule has 8 nitrogen and oxygen atoms in total. The Morgan fingerprint density at radius 1 is 1.00 bits per heavy atom. The molecule has 2 rings (SSSR count). The van der Waals surface area contributed by atoms with Crippen LogP contribution in [0.3, 0.4) is 0 Å². The molecule has 0 saturated carbocycles. The smallest absolute Gasteiger partial charge is 0.335 e. The monoisotopic (exact) mass is 335 g/mol. The van der Waals surface area contributed by atoms with E-state index in [2.05, 4.69) is 10.2 Å². The van der Waals surface area contributed by atoms with Gasteiger partial charge in [0.1, 0.15) is 0 Å². The van der Waals surface area contributed by atoms with E-state index in [1.165, 1.54) is 12.1 Å². The van der Waals surface area contributed by atoms with E-state index in [1.807, 2.05) is 0 Å². The minimum Gasteiger partial charge on any atom is -0.761 e. The zero-order valence-corrected chi connectivity index (χ0v) is 12.5. The molecule has 0 atom stereocenters. The number of allylic oxidation sites excluding steroid dienone is 1. The molecular formula is C17H9N3O5-2. The molecule has 1 N–H and O–H groups in total. The van der Waals surface area contributed by atoms with Gasteiger partial charge in [-0.2, -0.15) is 0 Å². The van der Waals surface area contributed by atoms with Gasteiger partial charge >= 0.3 is 5.97 Å². The highest BCUT2D eigenvalue weighted by Crippen LogP contribution is 2.20. The highest BCUT2D eigenvalue weighted by molar-refractivity contribution is 6.13. The Labute approximate surface area is 141 Å². The van der Waals surface area contributed by atoms with Gasteiger partial charge < -0.3 is 20.4 Å². The fraction of sp³-hybridized carbons (Fsp3) is 0. The molecular weight excluding hydrogens is 326 g/mol. The van der Waals surface area contributed by atoms with Crippen LogP contribution in [-0.2, 0) is 0 Å². The molecule has 25 heavy (non-hydrogen) atoms. The lowest BCUT2D eigenvalue weighted by atomic mass is 10.1. The van der Waals surface area contributed by atoms with Gasteiger partial charge in [0.15, 0.2) is 5.70 Å². The maximum absolute atomic E-state index is 12.1. The highest BCUT2D eigenvalue weighted by Gasteiger charge is 2.11. The number of nitrogens with zero attached hydrogens (tertiary/aromatic N) is 3. The number of Topliss-reactive ketones (excluding diaryl/α,β-unsaturated/α-hetero) is 1. The molecule has 0 radical (unpaired) electrons. The summed E-state index contributed by atoms with van der Waals surface area (Å²) >= 11 is 0. The fourth-order valence-corrected chi connectivity index (χ4v) is 1.86. The molecule has 2 aromatic carbocycles. The first kappa shape index (κ1) is 17.5. The number of hydrogen-bond donors (Lipinski definition) is 1. The highest BCUT2D eigenvalue weighted by atomic mass is 16.4. The summed E-state index contributed by atoms with van der Waals surface area (Å²) in [6.45, 7) is 0. The lowest BCUT2D eigenvalue weighted by Gasteiger charge is -2.05. The fourth-order valence-electron chi connectivity index (χ4n) is 1.86. The number of carbonyl (C=O) groups excluding carboxylic acids is 2. The predicted molar refractivity (Wildman–Crippen MR) is 84.9 cm³/mol. The molecule has 0 heterocycles. The standard InChI is InChI=1S/C17H10N3O5/c18-9-14(15(21)10-4-2-1-3-5-10)20-19-13-7-11(16(22)23)6-12(8-13)17(24)25/h1-8H,(H,22,23)(H,24,25)/q-1/p-1. The van der Waals surface area contributed by atoms with Gasteiger partial charge in [0, 0.05) is 11.1 Å². The van der Waals surface area contributed by atoms with Crippen molar-refractivity contribution in [3.63, 3.8) is 0 Å². The van der Waals surface area contributed by atoms with E-state index in [1.54, 1.807) is 24.1 Å². The summed E-state index contributed by atoms with van der Waals surface area (Å²) < 4.78 is 0. The number of rotatable bonds is 6. The number of benzene rings is 2. The molecule has 0 spiro atoms. The van der Waals surface area contributed by atoms with Crippen LogP contribution in [0.2, 0.25) is 0 Å². The third kappa shape index (κ3) is 4.31. The van der Waals surface area contributed by atoms with E-state index in [4.69, 9.17) is 10.5 Å². The SMILES string of the molecule is [N-]=C=C(N=Nc1cc(C(=O)[O-])cc(C(=O)O)c1)C(=O)c1ccccc1. The summed E-state index contributed by atoms with van der Waals surface area (Å²) in [5.74, 6) is -2.02. The molecule has 0 aliphatic carbocycles. The minimum absolute atomic E-state index is 0.146. The van der Waals surface area contributed by atoms with Gasteiger partial charge in [0.25, 0.3) is 0 Å². The van der Waals surface area contributed by atoms with E-state index in [0.29, 0.717) is 0 Å². The van der Waals surface area contributed by atoms with Crippen LogP contribution in [-0.4, -0.2) is 28.7 Å². The Morgan fingerprint density at radius 3 is 2.20 bits per heavy atom. The van der Waals surface area contributed by atoms with Crippen molar-refractivity contribution in [1.29, 1.82) is 0 Å². The first-order chi connectivity index (χ1) is 11.9. The van der Waals surface area contributed by atoms with Crippen LogP contribution in [0.25, 0.3) is 5.41 Å². The number of carboxylic acids is 2. The maximum Gasteiger partial charge on any atom is 0.335 e. The van der Waals surface area contributed by atoms with E-state index < -0.39 is 29.0 Å². The Bertz CT molecular complexity index is 896. The quantitative estimate of drug-likeness (QED) is 0.371. The van der Waals surface area contributed by atoms with Gasteiger partial charge in [-0.3, -0.25) is 4.79 Å². The molecule has 0 saturated heterocycles. The number of aromatic carboxylic acids is 2. The zero-order valence-electron chi connectivity index (χ0n) is 12.5. The number of hydrogen-bond acceptors (Lipinski definition) is 6. The number of carboxylic acid groups (broad SMARTS) is 2. The average molecular weight is 335 g/mol. The summed E-state index contributed by atoms with van der Waals surface area (Å²) in [6.07, 6.45) is 0. The summed E-state index contributed by atoms with van der Waals surface area (Å²) in [5, 5.41) is 36.1. The Balaban J connectivity index is 2.37. The van der Waals surface area contributed by atoms with Crippen LogP contribution in [0.4, 0.5) is 5.69 Å². The zero-order chi connectivity index (χ0) is 18.4. The lowest BCUT2D eigenvalue weighted by Crippen LogP contribution is -2.22. The van der Waals surface area contributed by atoms with Gasteiger partial charge in [-0.1, -0.05) is 30.3 Å². The Hall–Kier alpha value is -3.90. The molecule has 2 aromatic rings. The van der Waals surface area contributed by atoms with E-state index >= 15 is 0 Å². The van der Waals surface area contributed by atoms with E-state index in [-0.39, 0.29) is 16.8 Å². The molecule has 0 aliphatic rings. The number of carbonyl (C=O) groups is 3.